The highest BCUT2D eigenvalue weighted by Crippen LogP contribution is 2.21. The van der Waals surface area contributed by atoms with Crippen molar-refractivity contribution >= 4 is 22.3 Å². The minimum absolute atomic E-state index is 0.0174. The van der Waals surface area contributed by atoms with Crippen LogP contribution in [0.1, 0.15) is 31.3 Å². The summed E-state index contributed by atoms with van der Waals surface area (Å²) in [4.78, 5) is 17.7. The molecule has 1 heterocycles. The molecular weight excluding hydrogens is 236 g/mol. The lowest BCUT2D eigenvalue weighted by molar-refractivity contribution is 0.101. The Bertz CT molecular complexity index is 363. The maximum Gasteiger partial charge on any atom is 0.186 e. The lowest BCUT2D eigenvalue weighted by Crippen LogP contribution is -2.30. The molecule has 0 aliphatic rings. The van der Waals surface area contributed by atoms with Crippen LogP contribution in [0, 0.1) is 5.92 Å². The second kappa shape index (κ2) is 6.71. The van der Waals surface area contributed by atoms with Gasteiger partial charge in [0.2, 0.25) is 0 Å². The Balaban J connectivity index is 2.76. The second-order valence-electron chi connectivity index (χ2n) is 4.40. The summed E-state index contributed by atoms with van der Waals surface area (Å²) < 4.78 is 5.10. The number of carbonyl (C=O) groups is 1. The molecule has 96 valence electrons. The van der Waals surface area contributed by atoms with Gasteiger partial charge in [0.25, 0.3) is 0 Å². The van der Waals surface area contributed by atoms with Crippen LogP contribution in [0.4, 0.5) is 5.13 Å². The molecule has 0 aliphatic heterocycles. The highest BCUT2D eigenvalue weighted by molar-refractivity contribution is 7.13. The van der Waals surface area contributed by atoms with Gasteiger partial charge in [-0.3, -0.25) is 4.79 Å². The predicted octanol–water partition coefficient (Wildman–Crippen LogP) is 2.45. The molecule has 0 amide bonds. The van der Waals surface area contributed by atoms with Crippen LogP contribution in [0.5, 0.6) is 0 Å². The molecule has 0 radical (unpaired) electrons. The quantitative estimate of drug-likeness (QED) is 0.703. The summed E-state index contributed by atoms with van der Waals surface area (Å²) in [5.41, 5.74) is 0.552. The van der Waals surface area contributed by atoms with Crippen molar-refractivity contribution in [2.45, 2.75) is 20.8 Å². The van der Waals surface area contributed by atoms with E-state index in [1.54, 1.807) is 14.0 Å². The predicted molar refractivity (Wildman–Crippen MR) is 71.0 cm³/mol. The first-order chi connectivity index (χ1) is 8.04. The smallest absolute Gasteiger partial charge is 0.186 e. The minimum Gasteiger partial charge on any atom is -0.383 e. The van der Waals surface area contributed by atoms with Gasteiger partial charge in [0.1, 0.15) is 5.69 Å². The number of Topliss-reactive ketones (excluding diaryl/α,β-unsaturated/α-hetero) is 1. The first-order valence-corrected chi connectivity index (χ1v) is 6.63. The molecule has 0 spiro atoms. The molecule has 0 atom stereocenters. The van der Waals surface area contributed by atoms with Crippen molar-refractivity contribution in [1.82, 2.24) is 4.98 Å². The van der Waals surface area contributed by atoms with Crippen molar-refractivity contribution in [3.8, 4) is 0 Å². The van der Waals surface area contributed by atoms with Crippen molar-refractivity contribution in [2.75, 3.05) is 31.7 Å². The van der Waals surface area contributed by atoms with Gasteiger partial charge in [-0.1, -0.05) is 13.8 Å². The van der Waals surface area contributed by atoms with Gasteiger partial charge in [-0.05, 0) is 5.92 Å². The van der Waals surface area contributed by atoms with E-state index in [0.29, 0.717) is 18.2 Å². The normalized spacial score (nSPS) is 10.9. The summed E-state index contributed by atoms with van der Waals surface area (Å²) in [6.07, 6.45) is 0. The Morgan fingerprint density at radius 3 is 2.76 bits per heavy atom. The number of nitrogens with zero attached hydrogens (tertiary/aromatic N) is 2. The molecular formula is C12H20N2O2S. The van der Waals surface area contributed by atoms with E-state index >= 15 is 0 Å². The maximum absolute atomic E-state index is 11.2. The van der Waals surface area contributed by atoms with Gasteiger partial charge in [-0.2, -0.15) is 0 Å². The fraction of sp³-hybridized carbons (Fsp3) is 0.667. The SMILES string of the molecule is COCCN(CC(C)C)c1nc(C(C)=O)cs1. The standard InChI is InChI=1S/C12H20N2O2S/c1-9(2)7-14(5-6-16-4)12-13-11(8-17-12)10(3)15/h8-9H,5-7H2,1-4H3. The van der Waals surface area contributed by atoms with Crippen LogP contribution in [-0.2, 0) is 4.74 Å². The summed E-state index contributed by atoms with van der Waals surface area (Å²) in [5, 5.41) is 2.72. The summed E-state index contributed by atoms with van der Waals surface area (Å²) in [5.74, 6) is 0.570. The summed E-state index contributed by atoms with van der Waals surface area (Å²) in [6, 6.07) is 0. The first kappa shape index (κ1) is 14.1. The molecule has 1 aromatic rings. The first-order valence-electron chi connectivity index (χ1n) is 5.75. The van der Waals surface area contributed by atoms with Gasteiger partial charge in [0.15, 0.2) is 10.9 Å². The lowest BCUT2D eigenvalue weighted by Gasteiger charge is -2.23. The zero-order valence-corrected chi connectivity index (χ0v) is 11.7. The highest BCUT2D eigenvalue weighted by atomic mass is 32.1. The Labute approximate surface area is 107 Å². The van der Waals surface area contributed by atoms with E-state index in [9.17, 15) is 4.79 Å². The van der Waals surface area contributed by atoms with Crippen molar-refractivity contribution in [1.29, 1.82) is 0 Å². The average molecular weight is 256 g/mol. The van der Waals surface area contributed by atoms with Crippen LogP contribution < -0.4 is 4.90 Å². The Hall–Kier alpha value is -0.940. The van der Waals surface area contributed by atoms with E-state index in [4.69, 9.17) is 4.74 Å². The lowest BCUT2D eigenvalue weighted by atomic mass is 10.2. The third-order valence-electron chi connectivity index (χ3n) is 2.27. The van der Waals surface area contributed by atoms with Crippen molar-refractivity contribution in [3.05, 3.63) is 11.1 Å². The molecule has 0 unspecified atom stereocenters. The van der Waals surface area contributed by atoms with E-state index in [0.717, 1.165) is 18.2 Å². The molecule has 17 heavy (non-hydrogen) atoms. The molecule has 1 rings (SSSR count). The number of ether oxygens (including phenoxy) is 1. The zero-order valence-electron chi connectivity index (χ0n) is 10.9. The van der Waals surface area contributed by atoms with Crippen LogP contribution in [0.2, 0.25) is 0 Å². The zero-order chi connectivity index (χ0) is 12.8. The number of anilines is 1. The van der Waals surface area contributed by atoms with Gasteiger partial charge < -0.3 is 9.64 Å². The number of rotatable bonds is 7. The summed E-state index contributed by atoms with van der Waals surface area (Å²) in [6.45, 7) is 8.27. The van der Waals surface area contributed by atoms with Gasteiger partial charge in [0, 0.05) is 32.5 Å². The molecule has 0 saturated heterocycles. The molecule has 0 fully saturated rings. The third-order valence-corrected chi connectivity index (χ3v) is 3.18. The van der Waals surface area contributed by atoms with Gasteiger partial charge in [0.05, 0.1) is 6.61 Å². The molecule has 0 N–H and O–H groups in total. The van der Waals surface area contributed by atoms with Crippen LogP contribution in [-0.4, -0.2) is 37.6 Å². The van der Waals surface area contributed by atoms with E-state index in [-0.39, 0.29) is 5.78 Å². The number of hydrogen-bond donors (Lipinski definition) is 0. The molecule has 5 heteroatoms. The Morgan fingerprint density at radius 1 is 1.59 bits per heavy atom. The third kappa shape index (κ3) is 4.44. The average Bonchev–Trinajstić information content (AvgIpc) is 2.72. The van der Waals surface area contributed by atoms with E-state index in [1.165, 1.54) is 11.3 Å². The fourth-order valence-electron chi connectivity index (χ4n) is 1.48. The number of thiazole rings is 1. The molecule has 1 aromatic heterocycles. The van der Waals surface area contributed by atoms with Crippen LogP contribution in [0.3, 0.4) is 0 Å². The van der Waals surface area contributed by atoms with Gasteiger partial charge in [-0.25, -0.2) is 4.98 Å². The Morgan fingerprint density at radius 2 is 2.29 bits per heavy atom. The topological polar surface area (TPSA) is 42.4 Å². The largest absolute Gasteiger partial charge is 0.383 e. The summed E-state index contributed by atoms with van der Waals surface area (Å²) >= 11 is 1.52. The van der Waals surface area contributed by atoms with Crippen molar-refractivity contribution < 1.29 is 9.53 Å². The number of hydrogen-bond acceptors (Lipinski definition) is 5. The van der Waals surface area contributed by atoms with Crippen LogP contribution >= 0.6 is 11.3 Å². The van der Waals surface area contributed by atoms with Crippen LogP contribution in [0.25, 0.3) is 0 Å². The fourth-order valence-corrected chi connectivity index (χ4v) is 2.38. The van der Waals surface area contributed by atoms with E-state index in [1.807, 2.05) is 5.38 Å². The highest BCUT2D eigenvalue weighted by Gasteiger charge is 2.14. The van der Waals surface area contributed by atoms with E-state index < -0.39 is 0 Å². The molecule has 0 saturated carbocycles. The monoisotopic (exact) mass is 256 g/mol. The molecule has 0 aromatic carbocycles. The number of carbonyl (C=O) groups excluding carboxylic acids is 1. The number of methoxy groups -OCH3 is 1. The number of ketones is 1. The maximum atomic E-state index is 11.2. The van der Waals surface area contributed by atoms with Crippen LogP contribution in [0.15, 0.2) is 5.38 Å². The second-order valence-corrected chi connectivity index (χ2v) is 5.24. The van der Waals surface area contributed by atoms with Gasteiger partial charge >= 0.3 is 0 Å². The minimum atomic E-state index is 0.0174. The molecule has 0 bridgehead atoms. The summed E-state index contributed by atoms with van der Waals surface area (Å²) in [7, 11) is 1.69. The number of aromatic nitrogens is 1. The molecule has 0 aliphatic carbocycles. The van der Waals surface area contributed by atoms with Gasteiger partial charge in [-0.15, -0.1) is 11.3 Å². The van der Waals surface area contributed by atoms with Crippen molar-refractivity contribution in [3.63, 3.8) is 0 Å². The van der Waals surface area contributed by atoms with Crippen molar-refractivity contribution in [2.24, 2.45) is 5.92 Å². The Kier molecular flexibility index (Phi) is 5.58. The molecule has 4 nitrogen and oxygen atoms in total. The van der Waals surface area contributed by atoms with E-state index in [2.05, 4.69) is 23.7 Å².